The quantitative estimate of drug-likeness (QED) is 0.0423. The van der Waals surface area contributed by atoms with E-state index in [-0.39, 0.29) is 6.61 Å². The van der Waals surface area contributed by atoms with Gasteiger partial charge in [0, 0.05) is 33.1 Å². The topological polar surface area (TPSA) is 503 Å². The lowest BCUT2D eigenvalue weighted by atomic mass is 9.94. The second kappa shape index (κ2) is 27.9. The van der Waals surface area contributed by atoms with Crippen molar-refractivity contribution < 1.29 is 138 Å². The first kappa shape index (κ1) is 61.7. The number of hydrogen-bond donors (Lipinski definition) is 17. The first-order valence-electron chi connectivity index (χ1n) is 23.3. The van der Waals surface area contributed by atoms with Crippen LogP contribution in [0, 0.1) is 0 Å². The molecule has 5 heterocycles. The summed E-state index contributed by atoms with van der Waals surface area (Å²) in [5.41, 5.74) is 5.59. The zero-order valence-corrected chi connectivity index (χ0v) is 40.8. The molecule has 5 fully saturated rings. The van der Waals surface area contributed by atoms with Gasteiger partial charge in [-0.3, -0.25) is 14.4 Å². The molecule has 3 amide bonds. The maximum atomic E-state index is 12.9. The van der Waals surface area contributed by atoms with E-state index in [1.54, 1.807) is 0 Å². The third-order valence-electron chi connectivity index (χ3n) is 12.4. The molecule has 0 aromatic carbocycles. The van der Waals surface area contributed by atoms with E-state index in [0.29, 0.717) is 24.5 Å². The first-order chi connectivity index (χ1) is 34.9. The Balaban J connectivity index is 1.50. The van der Waals surface area contributed by atoms with Gasteiger partial charge < -0.3 is 135 Å². The molecule has 0 bridgehead atoms. The summed E-state index contributed by atoms with van der Waals surface area (Å²) in [7, 11) is 0. The maximum Gasteiger partial charge on any atom is 0.335 e. The van der Waals surface area contributed by atoms with Crippen molar-refractivity contribution >= 4 is 41.4 Å². The van der Waals surface area contributed by atoms with Crippen LogP contribution in [0.3, 0.4) is 0 Å². The monoisotopic (exact) mass is 1100 g/mol. The van der Waals surface area contributed by atoms with Crippen LogP contribution in [-0.4, -0.2) is 294 Å². The minimum atomic E-state index is -2.22. The fourth-order valence-corrected chi connectivity index (χ4v) is 9.36. The Morgan fingerprint density at radius 3 is 1.30 bits per heavy atom. The molecule has 33 heteroatoms. The number of nitrogens with one attached hydrogen (secondary N) is 3. The average Bonchev–Trinajstić information content (AvgIpc) is 3.33. The molecule has 0 aromatic heterocycles. The predicted molar refractivity (Wildman–Crippen MR) is 237 cm³/mol. The Kier molecular flexibility index (Phi) is 23.3. The smallest absolute Gasteiger partial charge is 0.335 e. The van der Waals surface area contributed by atoms with E-state index >= 15 is 0 Å². The van der Waals surface area contributed by atoms with Crippen LogP contribution in [-0.2, 0) is 71.3 Å². The van der Waals surface area contributed by atoms with Crippen molar-refractivity contribution in [2.45, 2.75) is 181 Å². The molecule has 32 nitrogen and oxygen atoms in total. The minimum Gasteiger partial charge on any atom is -0.479 e. The van der Waals surface area contributed by atoms with Crippen LogP contribution >= 0.6 is 11.8 Å². The molecule has 426 valence electrons. The van der Waals surface area contributed by atoms with Crippen molar-refractivity contribution in [3.05, 3.63) is 0 Å². The van der Waals surface area contributed by atoms with Gasteiger partial charge in [-0.15, -0.1) is 0 Å². The van der Waals surface area contributed by atoms with Gasteiger partial charge in [0.2, 0.25) is 17.7 Å². The van der Waals surface area contributed by atoms with E-state index in [0.717, 1.165) is 20.8 Å². The number of amides is 3. The van der Waals surface area contributed by atoms with Crippen LogP contribution in [0.15, 0.2) is 0 Å². The van der Waals surface area contributed by atoms with Gasteiger partial charge in [0.1, 0.15) is 110 Å². The fraction of sp³-hybridized carbons (Fsp3) is 0.878. The molecule has 0 saturated carbocycles. The van der Waals surface area contributed by atoms with E-state index < -0.39 is 203 Å². The normalized spacial score (nSPS) is 42.7. The number of rotatable bonds is 23. The number of thioether (sulfide) groups is 1. The highest BCUT2D eigenvalue weighted by molar-refractivity contribution is 7.99. The Morgan fingerprint density at radius 1 is 0.486 bits per heavy atom. The number of ether oxygens (including phenoxy) is 10. The minimum absolute atomic E-state index is 0.0652. The van der Waals surface area contributed by atoms with Crippen LogP contribution in [0.5, 0.6) is 0 Å². The molecule has 5 aliphatic heterocycles. The highest BCUT2D eigenvalue weighted by Crippen LogP contribution is 2.34. The number of aliphatic hydroxyl groups is 11. The van der Waals surface area contributed by atoms with Gasteiger partial charge in [-0.2, -0.15) is 11.8 Å². The summed E-state index contributed by atoms with van der Waals surface area (Å²) in [6.07, 6.45) is -43.0. The highest BCUT2D eigenvalue weighted by Gasteiger charge is 2.56. The molecule has 18 N–H and O–H groups in total. The Hall–Kier alpha value is -3.18. The number of carboxylic acids is 2. The third-order valence-corrected chi connectivity index (χ3v) is 13.5. The second-order valence-electron chi connectivity index (χ2n) is 17.9. The van der Waals surface area contributed by atoms with Crippen LogP contribution in [0.4, 0.5) is 0 Å². The fourth-order valence-electron chi connectivity index (χ4n) is 8.67. The lowest BCUT2D eigenvalue weighted by Crippen LogP contribution is -2.70. The van der Waals surface area contributed by atoms with Gasteiger partial charge in [-0.25, -0.2) is 9.59 Å². The highest BCUT2D eigenvalue weighted by atomic mass is 32.2. The summed E-state index contributed by atoms with van der Waals surface area (Å²) >= 11 is 1.49. The third kappa shape index (κ3) is 15.1. The number of hydrogen-bond acceptors (Lipinski definition) is 28. The van der Waals surface area contributed by atoms with E-state index in [1.807, 2.05) is 0 Å². The Bertz CT molecular complexity index is 1850. The molecule has 0 spiro atoms. The molecule has 0 aliphatic carbocycles. The molecule has 0 aromatic rings. The van der Waals surface area contributed by atoms with Crippen molar-refractivity contribution in [3.63, 3.8) is 0 Å². The maximum absolute atomic E-state index is 12.9. The van der Waals surface area contributed by atoms with Gasteiger partial charge in [0.15, 0.2) is 43.7 Å². The Labute approximate surface area is 425 Å². The molecule has 5 aliphatic rings. The summed E-state index contributed by atoms with van der Waals surface area (Å²) in [4.78, 5) is 61.6. The summed E-state index contributed by atoms with van der Waals surface area (Å²) in [5.74, 6) is -4.76. The largest absolute Gasteiger partial charge is 0.479 e. The van der Waals surface area contributed by atoms with Gasteiger partial charge in [0.25, 0.3) is 0 Å². The number of carboxylic acid groups (broad SMARTS) is 2. The lowest BCUT2D eigenvalue weighted by molar-refractivity contribution is -0.355. The summed E-state index contributed by atoms with van der Waals surface area (Å²) in [5, 5.41) is 146. The van der Waals surface area contributed by atoms with Crippen LogP contribution in [0.25, 0.3) is 0 Å². The van der Waals surface area contributed by atoms with Crippen molar-refractivity contribution in [1.82, 2.24) is 16.0 Å². The van der Waals surface area contributed by atoms with E-state index in [2.05, 4.69) is 16.0 Å². The number of nitrogens with two attached hydrogens (primary N) is 1. The van der Waals surface area contributed by atoms with Gasteiger partial charge in [-0.1, -0.05) is 0 Å². The molecule has 74 heavy (non-hydrogen) atoms. The number of carbonyl (C=O) groups excluding carboxylic acids is 3. The summed E-state index contributed by atoms with van der Waals surface area (Å²) in [6, 6.07) is -4.79. The van der Waals surface area contributed by atoms with Crippen LogP contribution in [0.2, 0.25) is 0 Å². The number of aliphatic hydroxyl groups excluding tert-OH is 11. The molecular weight excluding hydrogens is 1030 g/mol. The second-order valence-corrected chi connectivity index (χ2v) is 19.1. The number of aliphatic carboxylic acids is 2. The van der Waals surface area contributed by atoms with Crippen molar-refractivity contribution in [1.29, 1.82) is 0 Å². The standard InChI is InChI=1S/C41H68N4O28S/c1-12(47)43-18-24(53)21(50)15(9-46)67-37(18)65-10-17-23(52)32(71-41-30(59)26(55)28(57)34(73-41)36(62)63)20(45-14(3)49)39(69-17)66-11-16-22(51)31(70-40-29(58)25(54)27(56)33(72-40)35(60)61)19(44-13(2)48)38(68-16)64-6-4-7-74-8-5-42/h15-34,37-41,46,50-59H,4-11,42H2,1-3H3,(H,43,47)(H,44,48)(H,45,49)(H,60,61)(H,62,63)/t15-,16-,17-,18-,19-,20-,21+,22+,23+,24-,25+,26+,27+,28+,29-,30-,31-,32-,33+,34+,37-,38-,39-,40-,41-/m1/s1. The number of carbonyl (C=O) groups is 5. The van der Waals surface area contributed by atoms with Crippen molar-refractivity contribution in [3.8, 4) is 0 Å². The first-order valence-corrected chi connectivity index (χ1v) is 24.5. The van der Waals surface area contributed by atoms with Gasteiger partial charge in [0.05, 0.1) is 26.4 Å². The average molecular weight is 1100 g/mol. The summed E-state index contributed by atoms with van der Waals surface area (Å²) < 4.78 is 58.3. The SMILES string of the molecule is CC(=O)N[C@H]1[C@H](OC[C@H]2O[C@@H](OC[C@H]3O[C@@H](OCCCSCCN)[C@H](NC(C)=O)[C@@H](O[C@@H]4O[C@H](C(=O)O)[C@@H](O)[C@H](O)[C@H]4O)[C@H]3O)[C@H](NC(C)=O)[C@@H](O[C@@H]3O[C@H](C(=O)O)[C@@H](O)[C@H](O)[C@H]3O)[C@H]2O)O[C@H](CO)[C@H](O)[C@@H]1O. The molecule has 5 rings (SSSR count). The molecule has 0 unspecified atom stereocenters. The van der Waals surface area contributed by atoms with E-state index in [9.17, 15) is 90.4 Å². The molecule has 25 atom stereocenters. The van der Waals surface area contributed by atoms with Gasteiger partial charge >= 0.3 is 11.9 Å². The van der Waals surface area contributed by atoms with Crippen LogP contribution < -0.4 is 21.7 Å². The lowest BCUT2D eigenvalue weighted by Gasteiger charge is -2.49. The molecule has 0 radical (unpaired) electrons. The van der Waals surface area contributed by atoms with E-state index in [4.69, 9.17) is 53.1 Å². The molecule has 5 saturated heterocycles. The molecular formula is C41H68N4O28S. The van der Waals surface area contributed by atoms with Crippen molar-refractivity contribution in [2.24, 2.45) is 5.73 Å². The zero-order chi connectivity index (χ0) is 54.9. The van der Waals surface area contributed by atoms with Crippen LogP contribution in [0.1, 0.15) is 27.2 Å². The zero-order valence-electron chi connectivity index (χ0n) is 40.0. The van der Waals surface area contributed by atoms with E-state index in [1.165, 1.54) is 11.8 Å². The Morgan fingerprint density at radius 2 is 0.892 bits per heavy atom. The summed E-state index contributed by atoms with van der Waals surface area (Å²) in [6.45, 7) is 0.914. The van der Waals surface area contributed by atoms with Gasteiger partial charge in [-0.05, 0) is 12.2 Å². The van der Waals surface area contributed by atoms with Crippen molar-refractivity contribution in [2.75, 3.05) is 44.5 Å². The predicted octanol–water partition coefficient (Wildman–Crippen LogP) is -10.2.